The first-order valence-corrected chi connectivity index (χ1v) is 7.25. The van der Waals surface area contributed by atoms with Gasteiger partial charge in [0.25, 0.3) is 0 Å². The van der Waals surface area contributed by atoms with Crippen molar-refractivity contribution in [2.24, 2.45) is 0 Å². The molecule has 2 fully saturated rings. The number of hydrogen-bond acceptors (Lipinski definition) is 5. The number of hydrogen-bond donors (Lipinski definition) is 1. The molecule has 0 aromatic carbocycles. The van der Waals surface area contributed by atoms with E-state index in [2.05, 4.69) is 5.32 Å². The third-order valence-corrected chi connectivity index (χ3v) is 3.65. The van der Waals surface area contributed by atoms with Crippen LogP contribution in [0.4, 0.5) is 4.79 Å². The van der Waals surface area contributed by atoms with E-state index in [1.165, 1.54) is 0 Å². The highest BCUT2D eigenvalue weighted by atomic mass is 16.6. The molecule has 0 aromatic rings. The summed E-state index contributed by atoms with van der Waals surface area (Å²) in [6.45, 7) is 8.27. The minimum Gasteiger partial charge on any atom is -0.465 e. The average molecular weight is 284 g/mol. The second kappa shape index (κ2) is 5.60. The van der Waals surface area contributed by atoms with E-state index in [1.54, 1.807) is 11.8 Å². The SMILES string of the molecule is CCOC(=O)[C@H]1NC[C@@H]2CC[C@H]1N2C(=O)OC(C)(C)C. The maximum absolute atomic E-state index is 12.3. The van der Waals surface area contributed by atoms with Crippen molar-refractivity contribution in [2.45, 2.75) is 64.3 Å². The van der Waals surface area contributed by atoms with Crippen LogP contribution in [0.1, 0.15) is 40.5 Å². The Bertz CT molecular complexity index is 391. The van der Waals surface area contributed by atoms with Gasteiger partial charge in [0.2, 0.25) is 0 Å². The molecular weight excluding hydrogens is 260 g/mol. The summed E-state index contributed by atoms with van der Waals surface area (Å²) in [5, 5.41) is 3.19. The molecule has 6 nitrogen and oxygen atoms in total. The topological polar surface area (TPSA) is 67.9 Å². The molecule has 2 saturated heterocycles. The van der Waals surface area contributed by atoms with Crippen LogP contribution in [0, 0.1) is 0 Å². The zero-order chi connectivity index (χ0) is 14.9. The van der Waals surface area contributed by atoms with Crippen LogP contribution in [0.2, 0.25) is 0 Å². The van der Waals surface area contributed by atoms with E-state index >= 15 is 0 Å². The quantitative estimate of drug-likeness (QED) is 0.774. The summed E-state index contributed by atoms with van der Waals surface area (Å²) < 4.78 is 10.5. The molecule has 0 saturated carbocycles. The molecule has 20 heavy (non-hydrogen) atoms. The van der Waals surface area contributed by atoms with Crippen LogP contribution < -0.4 is 5.32 Å². The van der Waals surface area contributed by atoms with Gasteiger partial charge in [-0.2, -0.15) is 0 Å². The number of carbonyl (C=O) groups excluding carboxylic acids is 2. The van der Waals surface area contributed by atoms with Gasteiger partial charge in [-0.25, -0.2) is 4.79 Å². The summed E-state index contributed by atoms with van der Waals surface area (Å²) in [5.41, 5.74) is -0.527. The van der Waals surface area contributed by atoms with E-state index in [0.717, 1.165) is 12.8 Å². The molecule has 0 radical (unpaired) electrons. The van der Waals surface area contributed by atoms with Crippen molar-refractivity contribution in [3.8, 4) is 0 Å². The highest BCUT2D eigenvalue weighted by molar-refractivity contribution is 5.79. The maximum Gasteiger partial charge on any atom is 0.410 e. The van der Waals surface area contributed by atoms with Crippen LogP contribution in [0.3, 0.4) is 0 Å². The lowest BCUT2D eigenvalue weighted by Crippen LogP contribution is -2.63. The van der Waals surface area contributed by atoms with Gasteiger partial charge in [0.1, 0.15) is 11.6 Å². The number of amides is 1. The molecule has 2 aliphatic rings. The standard InChI is InChI=1S/C14H24N2O4/c1-5-19-12(17)11-10-7-6-9(8-15-11)16(10)13(18)20-14(2,3)4/h9-11,15H,5-8H2,1-4H3/t9-,10+,11-/m0/s1. The fraction of sp³-hybridized carbons (Fsp3) is 0.857. The van der Waals surface area contributed by atoms with Crippen molar-refractivity contribution in [1.82, 2.24) is 10.2 Å². The molecule has 0 aliphatic carbocycles. The van der Waals surface area contributed by atoms with Gasteiger partial charge in [0.05, 0.1) is 12.6 Å². The highest BCUT2D eigenvalue weighted by Crippen LogP contribution is 2.31. The van der Waals surface area contributed by atoms with Crippen molar-refractivity contribution >= 4 is 12.1 Å². The first-order chi connectivity index (χ1) is 9.33. The predicted molar refractivity (Wildman–Crippen MR) is 73.3 cm³/mol. The van der Waals surface area contributed by atoms with E-state index in [9.17, 15) is 9.59 Å². The predicted octanol–water partition coefficient (Wildman–Crippen LogP) is 1.29. The number of rotatable bonds is 2. The van der Waals surface area contributed by atoms with Crippen molar-refractivity contribution < 1.29 is 19.1 Å². The number of carbonyl (C=O) groups is 2. The van der Waals surface area contributed by atoms with Crippen LogP contribution in [0.15, 0.2) is 0 Å². The molecule has 2 rings (SSSR count). The molecule has 2 heterocycles. The van der Waals surface area contributed by atoms with Gasteiger partial charge in [-0.05, 0) is 40.5 Å². The van der Waals surface area contributed by atoms with Crippen LogP contribution in [0.5, 0.6) is 0 Å². The minimum absolute atomic E-state index is 0.112. The fourth-order valence-electron chi connectivity index (χ4n) is 2.91. The number of nitrogens with one attached hydrogen (secondary N) is 1. The Morgan fingerprint density at radius 3 is 2.60 bits per heavy atom. The lowest BCUT2D eigenvalue weighted by atomic mass is 10.1. The Balaban J connectivity index is 2.10. The summed E-state index contributed by atoms with van der Waals surface area (Å²) >= 11 is 0. The van der Waals surface area contributed by atoms with Gasteiger partial charge in [-0.1, -0.05) is 0 Å². The second-order valence-electron chi connectivity index (χ2n) is 6.32. The van der Waals surface area contributed by atoms with E-state index in [1.807, 2.05) is 20.8 Å². The maximum atomic E-state index is 12.3. The summed E-state index contributed by atoms with van der Waals surface area (Å²) in [4.78, 5) is 26.0. The van der Waals surface area contributed by atoms with Gasteiger partial charge < -0.3 is 14.8 Å². The Hall–Kier alpha value is -1.30. The molecule has 0 aromatic heterocycles. The van der Waals surface area contributed by atoms with Crippen LogP contribution in [-0.4, -0.2) is 53.8 Å². The third kappa shape index (κ3) is 3.06. The average Bonchev–Trinajstić information content (AvgIpc) is 2.62. The molecule has 1 N–H and O–H groups in total. The Morgan fingerprint density at radius 1 is 1.30 bits per heavy atom. The molecule has 2 bridgehead atoms. The smallest absolute Gasteiger partial charge is 0.410 e. The third-order valence-electron chi connectivity index (χ3n) is 3.65. The summed E-state index contributed by atoms with van der Waals surface area (Å²) in [5.74, 6) is -0.286. The molecular formula is C14H24N2O4. The van der Waals surface area contributed by atoms with Gasteiger partial charge >= 0.3 is 12.1 Å². The largest absolute Gasteiger partial charge is 0.465 e. The molecule has 1 amide bonds. The minimum atomic E-state index is -0.527. The van der Waals surface area contributed by atoms with E-state index in [4.69, 9.17) is 9.47 Å². The summed E-state index contributed by atoms with van der Waals surface area (Å²) in [7, 11) is 0. The van der Waals surface area contributed by atoms with Gasteiger partial charge in [0.15, 0.2) is 0 Å². The molecule has 3 atom stereocenters. The first-order valence-electron chi connectivity index (χ1n) is 7.25. The van der Waals surface area contributed by atoms with Crippen molar-refractivity contribution in [1.29, 1.82) is 0 Å². The lowest BCUT2D eigenvalue weighted by molar-refractivity contribution is -0.148. The van der Waals surface area contributed by atoms with Crippen LogP contribution in [0.25, 0.3) is 0 Å². The van der Waals surface area contributed by atoms with E-state index < -0.39 is 11.6 Å². The van der Waals surface area contributed by atoms with Gasteiger partial charge in [-0.15, -0.1) is 0 Å². The monoisotopic (exact) mass is 284 g/mol. The zero-order valence-corrected chi connectivity index (χ0v) is 12.6. The van der Waals surface area contributed by atoms with Crippen molar-refractivity contribution in [3.05, 3.63) is 0 Å². The number of fused-ring (bicyclic) bond motifs is 2. The molecule has 2 aliphatic heterocycles. The number of nitrogens with zero attached hydrogens (tertiary/aromatic N) is 1. The molecule has 0 spiro atoms. The summed E-state index contributed by atoms with van der Waals surface area (Å²) in [6, 6.07) is -0.496. The van der Waals surface area contributed by atoms with Gasteiger partial charge in [0, 0.05) is 12.6 Å². The molecule has 6 heteroatoms. The normalized spacial score (nSPS) is 29.2. The number of ether oxygens (including phenoxy) is 2. The Labute approximate surface area is 119 Å². The number of piperazine rings is 1. The van der Waals surface area contributed by atoms with Crippen LogP contribution in [-0.2, 0) is 14.3 Å². The highest BCUT2D eigenvalue weighted by Gasteiger charge is 2.49. The number of esters is 1. The second-order valence-corrected chi connectivity index (χ2v) is 6.32. The van der Waals surface area contributed by atoms with Crippen LogP contribution >= 0.6 is 0 Å². The fourth-order valence-corrected chi connectivity index (χ4v) is 2.91. The van der Waals surface area contributed by atoms with Crippen molar-refractivity contribution in [2.75, 3.05) is 13.2 Å². The Morgan fingerprint density at radius 2 is 2.00 bits per heavy atom. The van der Waals surface area contributed by atoms with Gasteiger partial charge in [-0.3, -0.25) is 9.69 Å². The first kappa shape index (κ1) is 15.1. The van der Waals surface area contributed by atoms with E-state index in [-0.39, 0.29) is 24.1 Å². The molecule has 114 valence electrons. The molecule has 0 unspecified atom stereocenters. The summed E-state index contributed by atoms with van der Waals surface area (Å²) in [6.07, 6.45) is 1.37. The Kier molecular flexibility index (Phi) is 4.22. The lowest BCUT2D eigenvalue weighted by Gasteiger charge is -2.39. The van der Waals surface area contributed by atoms with Crippen molar-refractivity contribution in [3.63, 3.8) is 0 Å². The van der Waals surface area contributed by atoms with E-state index in [0.29, 0.717) is 13.2 Å². The zero-order valence-electron chi connectivity index (χ0n) is 12.6.